The van der Waals surface area contributed by atoms with E-state index in [9.17, 15) is 4.39 Å². The maximum atomic E-state index is 14.1. The summed E-state index contributed by atoms with van der Waals surface area (Å²) in [5, 5.41) is 4.25. The lowest BCUT2D eigenvalue weighted by atomic mass is 9.93. The Labute approximate surface area is 153 Å². The smallest absolute Gasteiger partial charge is 0.132 e. The Bertz CT molecular complexity index is 889. The maximum Gasteiger partial charge on any atom is 0.132 e. The molecule has 4 rings (SSSR count). The summed E-state index contributed by atoms with van der Waals surface area (Å²) in [5.74, 6) is 0.158. The number of hydrogen-bond acceptors (Lipinski definition) is 3. The fourth-order valence-corrected chi connectivity index (χ4v) is 3.75. The third kappa shape index (κ3) is 3.68. The van der Waals surface area contributed by atoms with Crippen LogP contribution < -0.4 is 0 Å². The zero-order valence-electron chi connectivity index (χ0n) is 15.0. The van der Waals surface area contributed by atoms with Gasteiger partial charge in [0.2, 0.25) is 0 Å². The zero-order valence-corrected chi connectivity index (χ0v) is 15.0. The van der Waals surface area contributed by atoms with E-state index in [2.05, 4.69) is 22.3 Å². The average molecular weight is 350 g/mol. The molecule has 134 valence electrons. The minimum atomic E-state index is -0.223. The van der Waals surface area contributed by atoms with Gasteiger partial charge < -0.3 is 0 Å². The molecular formula is C21H23FN4. The van der Waals surface area contributed by atoms with Crippen molar-refractivity contribution >= 4 is 0 Å². The lowest BCUT2D eigenvalue weighted by Gasteiger charge is -2.32. The lowest BCUT2D eigenvalue weighted by Crippen LogP contribution is -2.34. The summed E-state index contributed by atoms with van der Waals surface area (Å²) in [6.07, 6.45) is 6.27. The van der Waals surface area contributed by atoms with Crippen molar-refractivity contribution in [3.63, 3.8) is 0 Å². The summed E-state index contributed by atoms with van der Waals surface area (Å²) >= 11 is 0. The molecule has 0 bridgehead atoms. The van der Waals surface area contributed by atoms with E-state index in [4.69, 9.17) is 4.98 Å². The van der Waals surface area contributed by atoms with Crippen molar-refractivity contribution in [2.24, 2.45) is 7.05 Å². The van der Waals surface area contributed by atoms with Gasteiger partial charge >= 0.3 is 0 Å². The Kier molecular flexibility index (Phi) is 4.80. The van der Waals surface area contributed by atoms with Gasteiger partial charge in [0, 0.05) is 49.1 Å². The SMILES string of the molecule is Cn1cc(CN2CCCC(c3cccc(-c4ccccc4F)n3)C2)cn1. The first-order chi connectivity index (χ1) is 12.7. The van der Waals surface area contributed by atoms with E-state index in [0.717, 1.165) is 38.2 Å². The minimum Gasteiger partial charge on any atom is -0.298 e. The van der Waals surface area contributed by atoms with Crippen LogP contribution in [0, 0.1) is 5.82 Å². The maximum absolute atomic E-state index is 14.1. The number of rotatable bonds is 4. The van der Waals surface area contributed by atoms with E-state index in [-0.39, 0.29) is 5.82 Å². The van der Waals surface area contributed by atoms with Gasteiger partial charge in [-0.05, 0) is 43.7 Å². The number of pyridine rings is 1. The predicted octanol–water partition coefficient (Wildman–Crippen LogP) is 4.00. The fourth-order valence-electron chi connectivity index (χ4n) is 3.75. The van der Waals surface area contributed by atoms with Gasteiger partial charge in [0.15, 0.2) is 0 Å². The summed E-state index contributed by atoms with van der Waals surface area (Å²) in [5.41, 5.74) is 3.57. The van der Waals surface area contributed by atoms with Gasteiger partial charge in [-0.3, -0.25) is 14.6 Å². The number of aromatic nitrogens is 3. The van der Waals surface area contributed by atoms with Gasteiger partial charge in [-0.15, -0.1) is 0 Å². The molecule has 2 aromatic heterocycles. The number of halogens is 1. The van der Waals surface area contributed by atoms with Crippen LogP contribution in [0.3, 0.4) is 0 Å². The van der Waals surface area contributed by atoms with E-state index in [1.165, 1.54) is 11.6 Å². The third-order valence-corrected chi connectivity index (χ3v) is 5.01. The molecule has 1 aliphatic heterocycles. The summed E-state index contributed by atoms with van der Waals surface area (Å²) in [6.45, 7) is 2.98. The molecule has 3 heterocycles. The highest BCUT2D eigenvalue weighted by atomic mass is 19.1. The summed E-state index contributed by atoms with van der Waals surface area (Å²) in [7, 11) is 1.95. The van der Waals surface area contributed by atoms with Crippen LogP contribution in [0.5, 0.6) is 0 Å². The second-order valence-corrected chi connectivity index (χ2v) is 7.02. The number of likely N-dealkylation sites (tertiary alicyclic amines) is 1. The molecule has 1 saturated heterocycles. The molecular weight excluding hydrogens is 327 g/mol. The molecule has 0 spiro atoms. The molecule has 1 unspecified atom stereocenters. The Morgan fingerprint density at radius 2 is 2.04 bits per heavy atom. The highest BCUT2D eigenvalue weighted by molar-refractivity contribution is 5.59. The largest absolute Gasteiger partial charge is 0.298 e. The van der Waals surface area contributed by atoms with Gasteiger partial charge in [0.25, 0.3) is 0 Å². The highest BCUT2D eigenvalue weighted by Crippen LogP contribution is 2.29. The monoisotopic (exact) mass is 350 g/mol. The van der Waals surface area contributed by atoms with E-state index in [1.807, 2.05) is 36.1 Å². The van der Waals surface area contributed by atoms with E-state index in [0.29, 0.717) is 17.2 Å². The Morgan fingerprint density at radius 1 is 1.15 bits per heavy atom. The Morgan fingerprint density at radius 3 is 2.85 bits per heavy atom. The number of aryl methyl sites for hydroxylation is 1. The van der Waals surface area contributed by atoms with Gasteiger partial charge in [-0.25, -0.2) is 4.39 Å². The molecule has 0 radical (unpaired) electrons. The average Bonchev–Trinajstić information content (AvgIpc) is 3.07. The van der Waals surface area contributed by atoms with E-state index < -0.39 is 0 Å². The van der Waals surface area contributed by atoms with Gasteiger partial charge in [0.1, 0.15) is 5.82 Å². The number of nitrogens with zero attached hydrogens (tertiary/aromatic N) is 4. The summed E-state index contributed by atoms with van der Waals surface area (Å²) in [6, 6.07) is 12.8. The highest BCUT2D eigenvalue weighted by Gasteiger charge is 2.23. The van der Waals surface area contributed by atoms with Crippen LogP contribution in [0.15, 0.2) is 54.9 Å². The third-order valence-electron chi connectivity index (χ3n) is 5.01. The van der Waals surface area contributed by atoms with Crippen molar-refractivity contribution in [3.8, 4) is 11.3 Å². The second-order valence-electron chi connectivity index (χ2n) is 7.02. The fraction of sp³-hybridized carbons (Fsp3) is 0.333. The first kappa shape index (κ1) is 16.9. The van der Waals surface area contributed by atoms with Crippen LogP contribution >= 0.6 is 0 Å². The van der Waals surface area contributed by atoms with Crippen LogP contribution in [0.2, 0.25) is 0 Å². The molecule has 4 nitrogen and oxygen atoms in total. The second kappa shape index (κ2) is 7.38. The van der Waals surface area contributed by atoms with Crippen molar-refractivity contribution in [1.29, 1.82) is 0 Å². The van der Waals surface area contributed by atoms with Gasteiger partial charge in [0.05, 0.1) is 11.9 Å². The Hall–Kier alpha value is -2.53. The normalized spacial score (nSPS) is 18.2. The predicted molar refractivity (Wildman–Crippen MR) is 100 cm³/mol. The summed E-state index contributed by atoms with van der Waals surface area (Å²) < 4.78 is 15.9. The lowest BCUT2D eigenvalue weighted by molar-refractivity contribution is 0.198. The van der Waals surface area contributed by atoms with Crippen molar-refractivity contribution in [3.05, 3.63) is 71.9 Å². The van der Waals surface area contributed by atoms with Crippen LogP contribution in [0.4, 0.5) is 4.39 Å². The van der Waals surface area contributed by atoms with Crippen molar-refractivity contribution in [2.45, 2.75) is 25.3 Å². The number of benzene rings is 1. The standard InChI is InChI=1S/C21H23FN4/c1-25-13-16(12-23-25)14-26-11-5-6-17(15-26)20-9-4-10-21(24-20)18-7-2-3-8-19(18)22/h2-4,7-10,12-13,17H,5-6,11,14-15H2,1H3. The van der Waals surface area contributed by atoms with Crippen molar-refractivity contribution in [2.75, 3.05) is 13.1 Å². The molecule has 0 aliphatic carbocycles. The summed E-state index contributed by atoms with van der Waals surface area (Å²) in [4.78, 5) is 7.25. The molecule has 1 fully saturated rings. The number of piperidine rings is 1. The number of hydrogen-bond donors (Lipinski definition) is 0. The molecule has 26 heavy (non-hydrogen) atoms. The van der Waals surface area contributed by atoms with E-state index in [1.54, 1.807) is 12.1 Å². The molecule has 5 heteroatoms. The molecule has 1 atom stereocenters. The molecule has 0 amide bonds. The first-order valence-electron chi connectivity index (χ1n) is 9.11. The first-order valence-corrected chi connectivity index (χ1v) is 9.11. The topological polar surface area (TPSA) is 34.0 Å². The molecule has 0 N–H and O–H groups in total. The van der Waals surface area contributed by atoms with Crippen LogP contribution in [0.1, 0.15) is 30.0 Å². The molecule has 3 aromatic rings. The molecule has 1 aliphatic rings. The van der Waals surface area contributed by atoms with Crippen LogP contribution in [-0.4, -0.2) is 32.8 Å². The molecule has 1 aromatic carbocycles. The zero-order chi connectivity index (χ0) is 17.9. The minimum absolute atomic E-state index is 0.223. The van der Waals surface area contributed by atoms with Crippen LogP contribution in [-0.2, 0) is 13.6 Å². The van der Waals surface area contributed by atoms with Crippen LogP contribution in [0.25, 0.3) is 11.3 Å². The van der Waals surface area contributed by atoms with Crippen molar-refractivity contribution < 1.29 is 4.39 Å². The Balaban J connectivity index is 1.52. The van der Waals surface area contributed by atoms with Gasteiger partial charge in [-0.1, -0.05) is 18.2 Å². The van der Waals surface area contributed by atoms with Gasteiger partial charge in [-0.2, -0.15) is 5.10 Å². The van der Waals surface area contributed by atoms with Crippen molar-refractivity contribution in [1.82, 2.24) is 19.7 Å². The quantitative estimate of drug-likeness (QED) is 0.713. The van der Waals surface area contributed by atoms with E-state index >= 15 is 0 Å². The molecule has 0 saturated carbocycles.